The van der Waals surface area contributed by atoms with Gasteiger partial charge in [0.05, 0.1) is 10.2 Å². The van der Waals surface area contributed by atoms with Crippen LogP contribution in [0.5, 0.6) is 0 Å². The van der Waals surface area contributed by atoms with Crippen LogP contribution >= 0.6 is 15.9 Å². The minimum Gasteiger partial charge on any atom is -0.372 e. The summed E-state index contributed by atoms with van der Waals surface area (Å²) in [6, 6.07) is 6.38. The zero-order chi connectivity index (χ0) is 13.1. The molecule has 0 unspecified atom stereocenters. The number of nitrogens with zero attached hydrogens (tertiary/aromatic N) is 2. The van der Waals surface area contributed by atoms with Crippen molar-refractivity contribution in [3.8, 4) is 0 Å². The number of aryl methyl sites for hydroxylation is 1. The molecule has 0 spiro atoms. The van der Waals surface area contributed by atoms with E-state index < -0.39 is 0 Å². The van der Waals surface area contributed by atoms with Crippen LogP contribution in [0.3, 0.4) is 0 Å². The van der Waals surface area contributed by atoms with Gasteiger partial charge in [-0.1, -0.05) is 12.1 Å². The molecule has 0 saturated carbocycles. The van der Waals surface area contributed by atoms with Crippen molar-refractivity contribution in [2.45, 2.75) is 13.3 Å². The van der Waals surface area contributed by atoms with Crippen molar-refractivity contribution in [1.82, 2.24) is 9.97 Å². The SMILES string of the molecule is CNc1nc(Cc2ccc(F)cc2)nc(C)c1Br. The van der Waals surface area contributed by atoms with E-state index in [1.165, 1.54) is 12.1 Å². The van der Waals surface area contributed by atoms with Gasteiger partial charge in [-0.05, 0) is 40.5 Å². The molecule has 3 nitrogen and oxygen atoms in total. The third-order valence-corrected chi connectivity index (χ3v) is 3.52. The summed E-state index contributed by atoms with van der Waals surface area (Å²) in [5.74, 6) is 1.24. The number of anilines is 1. The van der Waals surface area contributed by atoms with Crippen LogP contribution in [0.4, 0.5) is 10.2 Å². The van der Waals surface area contributed by atoms with E-state index in [1.807, 2.05) is 14.0 Å². The molecule has 1 aromatic heterocycles. The van der Waals surface area contributed by atoms with Crippen LogP contribution < -0.4 is 5.32 Å². The van der Waals surface area contributed by atoms with Crippen LogP contribution in [0.1, 0.15) is 17.1 Å². The molecule has 0 bridgehead atoms. The number of benzene rings is 1. The summed E-state index contributed by atoms with van der Waals surface area (Å²) in [5, 5.41) is 3.01. The van der Waals surface area contributed by atoms with Crippen molar-refractivity contribution in [2.24, 2.45) is 0 Å². The summed E-state index contributed by atoms with van der Waals surface area (Å²) in [6.45, 7) is 1.92. The van der Waals surface area contributed by atoms with Crippen molar-refractivity contribution in [3.05, 3.63) is 51.6 Å². The third-order valence-electron chi connectivity index (χ3n) is 2.58. The summed E-state index contributed by atoms with van der Waals surface area (Å²) in [5.41, 5.74) is 1.87. The smallest absolute Gasteiger partial charge is 0.144 e. The first-order chi connectivity index (χ1) is 8.60. The Kier molecular flexibility index (Phi) is 3.91. The number of hydrogen-bond acceptors (Lipinski definition) is 3. The van der Waals surface area contributed by atoms with Gasteiger partial charge < -0.3 is 5.32 Å². The molecule has 0 amide bonds. The molecule has 1 aromatic carbocycles. The van der Waals surface area contributed by atoms with Gasteiger partial charge in [0.1, 0.15) is 17.5 Å². The highest BCUT2D eigenvalue weighted by Crippen LogP contribution is 2.23. The van der Waals surface area contributed by atoms with E-state index >= 15 is 0 Å². The molecule has 0 saturated heterocycles. The van der Waals surface area contributed by atoms with E-state index in [0.717, 1.165) is 21.5 Å². The molecule has 0 aliphatic carbocycles. The van der Waals surface area contributed by atoms with E-state index in [4.69, 9.17) is 0 Å². The number of halogens is 2. The number of rotatable bonds is 3. The first-order valence-electron chi connectivity index (χ1n) is 5.55. The molecule has 94 valence electrons. The highest BCUT2D eigenvalue weighted by atomic mass is 79.9. The molecule has 0 radical (unpaired) electrons. The van der Waals surface area contributed by atoms with Gasteiger partial charge in [0.25, 0.3) is 0 Å². The quantitative estimate of drug-likeness (QED) is 0.945. The lowest BCUT2D eigenvalue weighted by Gasteiger charge is -2.08. The molecular formula is C13H13BrFN3. The molecule has 18 heavy (non-hydrogen) atoms. The second kappa shape index (κ2) is 5.44. The maximum absolute atomic E-state index is 12.8. The van der Waals surface area contributed by atoms with Gasteiger partial charge in [-0.25, -0.2) is 14.4 Å². The third kappa shape index (κ3) is 2.85. The normalized spacial score (nSPS) is 10.4. The summed E-state index contributed by atoms with van der Waals surface area (Å²) in [7, 11) is 1.81. The Bertz CT molecular complexity index is 555. The van der Waals surface area contributed by atoms with Crippen molar-refractivity contribution < 1.29 is 4.39 Å². The second-order valence-corrected chi connectivity index (χ2v) is 4.73. The summed E-state index contributed by atoms with van der Waals surface area (Å²) in [4.78, 5) is 8.81. The molecular weight excluding hydrogens is 297 g/mol. The van der Waals surface area contributed by atoms with Crippen LogP contribution in [0.2, 0.25) is 0 Å². The number of nitrogens with one attached hydrogen (secondary N) is 1. The highest BCUT2D eigenvalue weighted by molar-refractivity contribution is 9.10. The van der Waals surface area contributed by atoms with Gasteiger partial charge in [-0.15, -0.1) is 0 Å². The molecule has 0 aliphatic rings. The summed E-state index contributed by atoms with van der Waals surface area (Å²) in [6.07, 6.45) is 0.586. The average Bonchev–Trinajstić information content (AvgIpc) is 2.36. The fraction of sp³-hybridized carbons (Fsp3) is 0.231. The second-order valence-electron chi connectivity index (χ2n) is 3.94. The molecule has 5 heteroatoms. The molecule has 1 heterocycles. The highest BCUT2D eigenvalue weighted by Gasteiger charge is 2.08. The van der Waals surface area contributed by atoms with Gasteiger partial charge in [0.15, 0.2) is 0 Å². The van der Waals surface area contributed by atoms with E-state index in [0.29, 0.717) is 12.2 Å². The number of aromatic nitrogens is 2. The van der Waals surface area contributed by atoms with Crippen molar-refractivity contribution in [3.63, 3.8) is 0 Å². The zero-order valence-electron chi connectivity index (χ0n) is 10.2. The first-order valence-corrected chi connectivity index (χ1v) is 6.34. The Morgan fingerprint density at radius 2 is 1.89 bits per heavy atom. The Hall–Kier alpha value is -1.49. The molecule has 1 N–H and O–H groups in total. The minimum absolute atomic E-state index is 0.234. The Morgan fingerprint density at radius 3 is 2.50 bits per heavy atom. The lowest BCUT2D eigenvalue weighted by molar-refractivity contribution is 0.627. The fourth-order valence-corrected chi connectivity index (χ4v) is 2.02. The first kappa shape index (κ1) is 13.0. The molecule has 2 aromatic rings. The Labute approximate surface area is 114 Å². The average molecular weight is 310 g/mol. The maximum atomic E-state index is 12.8. The van der Waals surface area contributed by atoms with Gasteiger partial charge >= 0.3 is 0 Å². The number of hydrogen-bond donors (Lipinski definition) is 1. The van der Waals surface area contributed by atoms with Gasteiger partial charge in [0, 0.05) is 13.5 Å². The van der Waals surface area contributed by atoms with E-state index in [-0.39, 0.29) is 5.82 Å². The van der Waals surface area contributed by atoms with Crippen LogP contribution in [-0.4, -0.2) is 17.0 Å². The van der Waals surface area contributed by atoms with E-state index in [9.17, 15) is 4.39 Å². The topological polar surface area (TPSA) is 37.8 Å². The molecule has 0 fully saturated rings. The van der Waals surface area contributed by atoms with Crippen molar-refractivity contribution in [2.75, 3.05) is 12.4 Å². The largest absolute Gasteiger partial charge is 0.372 e. The van der Waals surface area contributed by atoms with Crippen molar-refractivity contribution in [1.29, 1.82) is 0 Å². The van der Waals surface area contributed by atoms with Gasteiger partial charge in [0.2, 0.25) is 0 Å². The predicted molar refractivity (Wildman–Crippen MR) is 73.2 cm³/mol. The van der Waals surface area contributed by atoms with Crippen LogP contribution in [0.15, 0.2) is 28.7 Å². The van der Waals surface area contributed by atoms with Gasteiger partial charge in [-0.2, -0.15) is 0 Å². The van der Waals surface area contributed by atoms with Gasteiger partial charge in [-0.3, -0.25) is 0 Å². The lowest BCUT2D eigenvalue weighted by atomic mass is 10.1. The monoisotopic (exact) mass is 309 g/mol. The van der Waals surface area contributed by atoms with E-state index in [2.05, 4.69) is 31.2 Å². The van der Waals surface area contributed by atoms with Crippen molar-refractivity contribution >= 4 is 21.7 Å². The fourth-order valence-electron chi connectivity index (χ4n) is 1.65. The molecule has 0 atom stereocenters. The Morgan fingerprint density at radius 1 is 1.22 bits per heavy atom. The molecule has 2 rings (SSSR count). The maximum Gasteiger partial charge on any atom is 0.144 e. The zero-order valence-corrected chi connectivity index (χ0v) is 11.8. The van der Waals surface area contributed by atoms with Crippen LogP contribution in [0, 0.1) is 12.7 Å². The molecule has 0 aliphatic heterocycles. The van der Waals surface area contributed by atoms with Crippen LogP contribution in [-0.2, 0) is 6.42 Å². The summed E-state index contributed by atoms with van der Waals surface area (Å²) >= 11 is 3.43. The predicted octanol–water partition coefficient (Wildman–Crippen LogP) is 3.32. The standard InChI is InChI=1S/C13H13BrFN3/c1-8-12(14)13(16-2)18-11(17-8)7-9-3-5-10(15)6-4-9/h3-6H,7H2,1-2H3,(H,16,17,18). The minimum atomic E-state index is -0.234. The lowest BCUT2D eigenvalue weighted by Crippen LogP contribution is -2.04. The Balaban J connectivity index is 2.29. The summed E-state index contributed by atoms with van der Waals surface area (Å²) < 4.78 is 13.7. The van der Waals surface area contributed by atoms with E-state index in [1.54, 1.807) is 12.1 Å². The van der Waals surface area contributed by atoms with Crippen LogP contribution in [0.25, 0.3) is 0 Å².